The molecular weight excluding hydrogens is 398 g/mol. The number of nitrogens with zero attached hydrogens (tertiary/aromatic N) is 1. The summed E-state index contributed by atoms with van der Waals surface area (Å²) in [7, 11) is -2.64. The van der Waals surface area contributed by atoms with Gasteiger partial charge in [-0.05, 0) is 52.1 Å². The first-order valence-electron chi connectivity index (χ1n) is 11.5. The topological polar surface area (TPSA) is 38.7 Å². The van der Waals surface area contributed by atoms with Gasteiger partial charge in [-0.25, -0.2) is 9.79 Å². The molecule has 0 aromatic heterocycles. The average Bonchev–Trinajstić information content (AvgIpc) is 2.72. The third-order valence-electron chi connectivity index (χ3n) is 6.55. The van der Waals surface area contributed by atoms with Crippen LogP contribution < -0.4 is 10.4 Å². The van der Waals surface area contributed by atoms with E-state index in [9.17, 15) is 4.79 Å². The monoisotopic (exact) mass is 435 g/mol. The van der Waals surface area contributed by atoms with Crippen LogP contribution in [0.1, 0.15) is 72.8 Å². The Kier molecular flexibility index (Phi) is 7.05. The first kappa shape index (κ1) is 23.7. The van der Waals surface area contributed by atoms with Gasteiger partial charge in [-0.1, -0.05) is 96.1 Å². The zero-order valence-electron chi connectivity index (χ0n) is 19.9. The van der Waals surface area contributed by atoms with Crippen LogP contribution in [0.25, 0.3) is 0 Å². The fraction of sp³-hybridized carbons (Fsp3) is 0.519. The van der Waals surface area contributed by atoms with Crippen LogP contribution in [0.4, 0.5) is 0 Å². The Morgan fingerprint density at radius 3 is 2.23 bits per heavy atom. The number of rotatable bonds is 5. The summed E-state index contributed by atoms with van der Waals surface area (Å²) < 4.78 is 7.31. The van der Waals surface area contributed by atoms with Gasteiger partial charge in [0.1, 0.15) is 0 Å². The van der Waals surface area contributed by atoms with E-state index in [2.05, 4.69) is 101 Å². The molecule has 31 heavy (non-hydrogen) atoms. The van der Waals surface area contributed by atoms with E-state index in [1.54, 1.807) is 6.08 Å². The van der Waals surface area contributed by atoms with Gasteiger partial charge in [-0.15, -0.1) is 0 Å². The maximum atomic E-state index is 10.9. The fourth-order valence-corrected chi connectivity index (χ4v) is 9.65. The van der Waals surface area contributed by atoms with Gasteiger partial charge in [-0.3, -0.25) is 0 Å². The van der Waals surface area contributed by atoms with Crippen LogP contribution in [0.2, 0.25) is 5.04 Å². The molecule has 0 heterocycles. The Morgan fingerprint density at radius 2 is 1.61 bits per heavy atom. The van der Waals surface area contributed by atoms with E-state index in [-0.39, 0.29) is 22.6 Å². The molecule has 0 saturated heterocycles. The summed E-state index contributed by atoms with van der Waals surface area (Å²) in [6.07, 6.45) is 5.66. The quantitative estimate of drug-likeness (QED) is 0.353. The molecule has 166 valence electrons. The summed E-state index contributed by atoms with van der Waals surface area (Å²) in [6.45, 7) is 13.7. The van der Waals surface area contributed by atoms with Gasteiger partial charge in [-0.2, -0.15) is 0 Å². The molecule has 0 amide bonds. The van der Waals surface area contributed by atoms with Gasteiger partial charge in [0, 0.05) is 6.10 Å². The number of benzene rings is 2. The Labute approximate surface area is 189 Å². The molecule has 0 radical (unpaired) electrons. The summed E-state index contributed by atoms with van der Waals surface area (Å²) in [5.41, 5.74) is 1.40. The van der Waals surface area contributed by atoms with E-state index in [1.807, 2.05) is 0 Å². The summed E-state index contributed by atoms with van der Waals surface area (Å²) in [4.78, 5) is 14.9. The molecule has 0 spiro atoms. The zero-order chi connectivity index (χ0) is 22.7. The highest BCUT2D eigenvalue weighted by Crippen LogP contribution is 2.40. The van der Waals surface area contributed by atoms with E-state index in [0.717, 1.165) is 25.7 Å². The molecule has 1 saturated carbocycles. The number of hydrogen-bond donors (Lipinski definition) is 0. The highest BCUT2D eigenvalue weighted by Gasteiger charge is 2.52. The minimum Gasteiger partial charge on any atom is -0.404 e. The molecule has 1 aliphatic carbocycles. The molecule has 3 rings (SSSR count). The SMILES string of the molecule is CC(C)(C)c1cccc([Si](OC2CCCC(N=C=O)C2)(c2ccccc2)C(C)(C)C)c1. The lowest BCUT2D eigenvalue weighted by Crippen LogP contribution is -2.68. The van der Waals surface area contributed by atoms with E-state index >= 15 is 0 Å². The normalized spacial score (nSPS) is 21.7. The largest absolute Gasteiger partial charge is 0.404 e. The van der Waals surface area contributed by atoms with Crippen molar-refractivity contribution in [2.75, 3.05) is 0 Å². The molecule has 2 aromatic rings. The first-order valence-corrected chi connectivity index (χ1v) is 13.4. The molecule has 3 atom stereocenters. The van der Waals surface area contributed by atoms with Crippen molar-refractivity contribution < 1.29 is 9.22 Å². The van der Waals surface area contributed by atoms with Crippen molar-refractivity contribution in [3.8, 4) is 0 Å². The van der Waals surface area contributed by atoms with E-state index in [0.29, 0.717) is 0 Å². The predicted octanol–water partition coefficient (Wildman–Crippen LogP) is 5.51. The van der Waals surface area contributed by atoms with Gasteiger partial charge in [0.2, 0.25) is 6.08 Å². The van der Waals surface area contributed by atoms with Crippen molar-refractivity contribution in [2.24, 2.45) is 4.99 Å². The molecule has 4 heteroatoms. The minimum absolute atomic E-state index is 0.0274. The van der Waals surface area contributed by atoms with Crippen LogP contribution in [-0.2, 0) is 14.6 Å². The van der Waals surface area contributed by atoms with E-state index < -0.39 is 8.32 Å². The van der Waals surface area contributed by atoms with Gasteiger partial charge in [0.15, 0.2) is 0 Å². The second-order valence-electron chi connectivity index (χ2n) is 10.9. The molecule has 1 aliphatic rings. The number of isocyanates is 1. The van der Waals surface area contributed by atoms with Gasteiger partial charge < -0.3 is 4.43 Å². The summed E-state index contributed by atoms with van der Waals surface area (Å²) in [5.74, 6) is 0. The van der Waals surface area contributed by atoms with Gasteiger partial charge in [0.05, 0.1) is 6.04 Å². The van der Waals surface area contributed by atoms with Crippen LogP contribution in [-0.4, -0.2) is 26.5 Å². The molecular formula is C27H37NO2Si. The number of carbonyl (C=O) groups excluding carboxylic acids is 1. The Balaban J connectivity index is 2.17. The number of aliphatic imine (C=N–C) groups is 1. The van der Waals surface area contributed by atoms with Crippen LogP contribution >= 0.6 is 0 Å². The van der Waals surface area contributed by atoms with Crippen molar-refractivity contribution in [3.63, 3.8) is 0 Å². The average molecular weight is 436 g/mol. The van der Waals surface area contributed by atoms with Crippen molar-refractivity contribution in [1.82, 2.24) is 0 Å². The van der Waals surface area contributed by atoms with Crippen molar-refractivity contribution in [2.45, 2.75) is 89.8 Å². The predicted molar refractivity (Wildman–Crippen MR) is 132 cm³/mol. The van der Waals surface area contributed by atoms with Crippen molar-refractivity contribution >= 4 is 24.8 Å². The molecule has 0 bridgehead atoms. The Hall–Kier alpha value is -2.00. The second kappa shape index (κ2) is 9.24. The highest BCUT2D eigenvalue weighted by atomic mass is 28.4. The first-order chi connectivity index (χ1) is 14.6. The Bertz CT molecular complexity index is 922. The molecule has 1 fully saturated rings. The van der Waals surface area contributed by atoms with Crippen molar-refractivity contribution in [3.05, 3.63) is 60.2 Å². The molecule has 3 nitrogen and oxygen atoms in total. The Morgan fingerprint density at radius 1 is 0.935 bits per heavy atom. The zero-order valence-corrected chi connectivity index (χ0v) is 20.9. The second-order valence-corrected chi connectivity index (χ2v) is 15.2. The highest BCUT2D eigenvalue weighted by molar-refractivity contribution is 6.99. The summed E-state index contributed by atoms with van der Waals surface area (Å²) in [6, 6.07) is 19.9. The van der Waals surface area contributed by atoms with Crippen LogP contribution in [0, 0.1) is 0 Å². The van der Waals surface area contributed by atoms with Crippen LogP contribution in [0.3, 0.4) is 0 Å². The number of hydrogen-bond acceptors (Lipinski definition) is 3. The lowest BCUT2D eigenvalue weighted by molar-refractivity contribution is 0.134. The molecule has 0 N–H and O–H groups in total. The van der Waals surface area contributed by atoms with Crippen molar-refractivity contribution in [1.29, 1.82) is 0 Å². The molecule has 2 aromatic carbocycles. The summed E-state index contributed by atoms with van der Waals surface area (Å²) >= 11 is 0. The third-order valence-corrected chi connectivity index (χ3v) is 11.6. The van der Waals surface area contributed by atoms with Gasteiger partial charge >= 0.3 is 0 Å². The van der Waals surface area contributed by atoms with E-state index in [1.165, 1.54) is 15.9 Å². The smallest absolute Gasteiger partial charge is 0.261 e. The lowest BCUT2D eigenvalue weighted by atomic mass is 9.87. The van der Waals surface area contributed by atoms with E-state index in [4.69, 9.17) is 4.43 Å². The summed E-state index contributed by atoms with van der Waals surface area (Å²) in [5, 5.41) is 2.56. The van der Waals surface area contributed by atoms with Crippen LogP contribution in [0.5, 0.6) is 0 Å². The minimum atomic E-state index is -2.64. The molecule has 3 unspecified atom stereocenters. The fourth-order valence-electron chi connectivity index (χ4n) is 4.89. The van der Waals surface area contributed by atoms with Crippen LogP contribution in [0.15, 0.2) is 59.6 Å². The van der Waals surface area contributed by atoms with Gasteiger partial charge in [0.25, 0.3) is 8.32 Å². The maximum absolute atomic E-state index is 10.9. The standard InChI is InChI=1S/C27H37NO2Si/c1-26(2,3)21-12-10-17-25(18-21)31(27(4,5)6,24-15-8-7-9-16-24)30-23-14-11-13-22(19-23)28-20-29/h7-10,12,15-18,22-23H,11,13-14,19H2,1-6H3. The molecule has 0 aliphatic heterocycles. The third kappa shape index (κ3) is 5.09. The maximum Gasteiger partial charge on any atom is 0.261 e. The lowest BCUT2D eigenvalue weighted by Gasteiger charge is -2.46.